The SMILES string of the molecule is CCc1c(C(=O)O)c(=O)n(C)c2cc3c(cc12)OCO3. The van der Waals surface area contributed by atoms with Gasteiger partial charge in [0.2, 0.25) is 6.79 Å². The summed E-state index contributed by atoms with van der Waals surface area (Å²) in [6, 6.07) is 3.45. The van der Waals surface area contributed by atoms with Gasteiger partial charge < -0.3 is 19.1 Å². The van der Waals surface area contributed by atoms with Crippen LogP contribution in [0, 0.1) is 0 Å². The average molecular weight is 275 g/mol. The lowest BCUT2D eigenvalue weighted by Crippen LogP contribution is -2.26. The number of hydrogen-bond donors (Lipinski definition) is 1. The Morgan fingerprint density at radius 1 is 1.35 bits per heavy atom. The number of hydrogen-bond acceptors (Lipinski definition) is 4. The van der Waals surface area contributed by atoms with Crippen molar-refractivity contribution in [3.8, 4) is 11.5 Å². The first kappa shape index (κ1) is 12.5. The fourth-order valence-corrected chi connectivity index (χ4v) is 2.58. The van der Waals surface area contributed by atoms with Crippen molar-refractivity contribution in [3.63, 3.8) is 0 Å². The molecule has 0 atom stereocenters. The summed E-state index contributed by atoms with van der Waals surface area (Å²) in [5.41, 5.74) is 0.470. The number of nitrogens with zero attached hydrogens (tertiary/aromatic N) is 1. The van der Waals surface area contributed by atoms with Crippen LogP contribution in [-0.4, -0.2) is 22.4 Å². The largest absolute Gasteiger partial charge is 0.477 e. The van der Waals surface area contributed by atoms with Gasteiger partial charge in [-0.15, -0.1) is 0 Å². The molecule has 1 N–H and O–H groups in total. The first-order valence-corrected chi connectivity index (χ1v) is 6.23. The van der Waals surface area contributed by atoms with Gasteiger partial charge >= 0.3 is 5.97 Å². The molecular formula is C14H13NO5. The van der Waals surface area contributed by atoms with E-state index in [1.165, 1.54) is 4.57 Å². The highest BCUT2D eigenvalue weighted by molar-refractivity contribution is 5.97. The minimum absolute atomic E-state index is 0.132. The summed E-state index contributed by atoms with van der Waals surface area (Å²) >= 11 is 0. The van der Waals surface area contributed by atoms with Gasteiger partial charge in [-0.2, -0.15) is 0 Å². The number of ether oxygens (including phenoxy) is 2. The number of pyridine rings is 1. The summed E-state index contributed by atoms with van der Waals surface area (Å²) in [7, 11) is 1.55. The summed E-state index contributed by atoms with van der Waals surface area (Å²) in [6.07, 6.45) is 0.452. The Bertz CT molecular complexity index is 790. The highest BCUT2D eigenvalue weighted by Gasteiger charge is 2.23. The third kappa shape index (κ3) is 1.57. The Balaban J connectivity index is 2.50. The molecule has 20 heavy (non-hydrogen) atoms. The van der Waals surface area contributed by atoms with Crippen molar-refractivity contribution in [2.45, 2.75) is 13.3 Å². The molecule has 1 aliphatic heterocycles. The van der Waals surface area contributed by atoms with Crippen LogP contribution in [0.15, 0.2) is 16.9 Å². The topological polar surface area (TPSA) is 77.8 Å². The van der Waals surface area contributed by atoms with Gasteiger partial charge in [0.1, 0.15) is 5.56 Å². The van der Waals surface area contributed by atoms with Gasteiger partial charge in [0, 0.05) is 18.5 Å². The molecule has 0 spiro atoms. The second-order valence-electron chi connectivity index (χ2n) is 4.60. The Kier molecular flexibility index (Phi) is 2.67. The second kappa shape index (κ2) is 4.26. The van der Waals surface area contributed by atoms with Crippen molar-refractivity contribution in [1.29, 1.82) is 0 Å². The van der Waals surface area contributed by atoms with E-state index < -0.39 is 11.5 Å². The average Bonchev–Trinajstić information content (AvgIpc) is 2.87. The highest BCUT2D eigenvalue weighted by Crippen LogP contribution is 2.37. The van der Waals surface area contributed by atoms with Crippen LogP contribution in [0.1, 0.15) is 22.8 Å². The molecule has 0 amide bonds. The zero-order valence-electron chi connectivity index (χ0n) is 11.1. The summed E-state index contributed by atoms with van der Waals surface area (Å²) < 4.78 is 12.0. The van der Waals surface area contributed by atoms with Crippen molar-refractivity contribution in [2.24, 2.45) is 7.05 Å². The molecule has 1 aromatic heterocycles. The summed E-state index contributed by atoms with van der Waals surface area (Å²) in [6.45, 7) is 1.96. The lowest BCUT2D eigenvalue weighted by molar-refractivity contribution is 0.0693. The zero-order valence-corrected chi connectivity index (χ0v) is 11.1. The van der Waals surface area contributed by atoms with Gasteiger partial charge in [-0.05, 0) is 18.1 Å². The number of carboxylic acids is 1. The smallest absolute Gasteiger partial charge is 0.341 e. The van der Waals surface area contributed by atoms with E-state index in [1.54, 1.807) is 19.2 Å². The van der Waals surface area contributed by atoms with E-state index in [0.717, 1.165) is 0 Å². The molecule has 6 heteroatoms. The van der Waals surface area contributed by atoms with Gasteiger partial charge in [-0.3, -0.25) is 4.79 Å². The number of carboxylic acid groups (broad SMARTS) is 1. The third-order valence-electron chi connectivity index (χ3n) is 3.57. The number of rotatable bonds is 2. The molecule has 1 aliphatic rings. The quantitative estimate of drug-likeness (QED) is 0.899. The van der Waals surface area contributed by atoms with E-state index in [-0.39, 0.29) is 12.4 Å². The molecule has 0 saturated heterocycles. The molecular weight excluding hydrogens is 262 g/mol. The van der Waals surface area contributed by atoms with Gasteiger partial charge in [-0.1, -0.05) is 6.92 Å². The number of aryl methyl sites for hydroxylation is 2. The molecule has 0 radical (unpaired) electrons. The molecule has 0 saturated carbocycles. The molecule has 0 fully saturated rings. The Morgan fingerprint density at radius 2 is 2.00 bits per heavy atom. The lowest BCUT2D eigenvalue weighted by atomic mass is 10.00. The number of benzene rings is 1. The van der Waals surface area contributed by atoms with Crippen LogP contribution in [0.25, 0.3) is 10.9 Å². The standard InChI is InChI=1S/C14H13NO5/c1-3-7-8-4-10-11(20-6-19-10)5-9(8)15(2)13(16)12(7)14(17)18/h4-5H,3,6H2,1-2H3,(H,17,18). The van der Waals surface area contributed by atoms with E-state index in [2.05, 4.69) is 0 Å². The lowest BCUT2D eigenvalue weighted by Gasteiger charge is -2.13. The zero-order chi connectivity index (χ0) is 14.4. The van der Waals surface area contributed by atoms with Crippen molar-refractivity contribution in [1.82, 2.24) is 4.57 Å². The summed E-state index contributed by atoms with van der Waals surface area (Å²) in [4.78, 5) is 23.6. The van der Waals surface area contributed by atoms with Crippen LogP contribution in [-0.2, 0) is 13.5 Å². The van der Waals surface area contributed by atoms with Crippen molar-refractivity contribution in [2.75, 3.05) is 6.79 Å². The van der Waals surface area contributed by atoms with Crippen LogP contribution in [0.5, 0.6) is 11.5 Å². The van der Waals surface area contributed by atoms with Crippen molar-refractivity contribution < 1.29 is 19.4 Å². The number of fused-ring (bicyclic) bond motifs is 2. The van der Waals surface area contributed by atoms with Crippen LogP contribution in [0.2, 0.25) is 0 Å². The molecule has 0 bridgehead atoms. The molecule has 0 aliphatic carbocycles. The maximum Gasteiger partial charge on any atom is 0.341 e. The van der Waals surface area contributed by atoms with Crippen molar-refractivity contribution >= 4 is 16.9 Å². The minimum atomic E-state index is -1.21. The fraction of sp³-hybridized carbons (Fsp3) is 0.286. The van der Waals surface area contributed by atoms with Crippen LogP contribution >= 0.6 is 0 Å². The fourth-order valence-electron chi connectivity index (χ4n) is 2.58. The van der Waals surface area contributed by atoms with Crippen LogP contribution < -0.4 is 15.0 Å². The van der Waals surface area contributed by atoms with E-state index in [9.17, 15) is 14.7 Å². The van der Waals surface area contributed by atoms with Crippen LogP contribution in [0.4, 0.5) is 0 Å². The van der Waals surface area contributed by atoms with Crippen molar-refractivity contribution in [3.05, 3.63) is 33.6 Å². The normalized spacial score (nSPS) is 12.9. The molecule has 6 nitrogen and oxygen atoms in total. The van der Waals surface area contributed by atoms with E-state index >= 15 is 0 Å². The number of carbonyl (C=O) groups is 1. The van der Waals surface area contributed by atoms with Gasteiger partial charge in [-0.25, -0.2) is 4.79 Å². The first-order valence-electron chi connectivity index (χ1n) is 6.23. The molecule has 2 heterocycles. The highest BCUT2D eigenvalue weighted by atomic mass is 16.7. The van der Waals surface area contributed by atoms with E-state index in [4.69, 9.17) is 9.47 Å². The van der Waals surface area contributed by atoms with Gasteiger partial charge in [0.05, 0.1) is 5.52 Å². The maximum atomic E-state index is 12.2. The van der Waals surface area contributed by atoms with Gasteiger partial charge in [0.25, 0.3) is 5.56 Å². The third-order valence-corrected chi connectivity index (χ3v) is 3.57. The molecule has 2 aromatic rings. The Morgan fingerprint density at radius 3 is 2.60 bits per heavy atom. The first-order chi connectivity index (χ1) is 9.54. The summed E-state index contributed by atoms with van der Waals surface area (Å²) in [5.74, 6) is -0.0677. The molecule has 1 aromatic carbocycles. The molecule has 0 unspecified atom stereocenters. The van der Waals surface area contributed by atoms with E-state index in [1.807, 2.05) is 6.92 Å². The number of aromatic carboxylic acids is 1. The maximum absolute atomic E-state index is 12.2. The predicted octanol–water partition coefficient (Wildman–Crippen LogP) is 1.53. The van der Waals surface area contributed by atoms with E-state index in [0.29, 0.717) is 34.4 Å². The van der Waals surface area contributed by atoms with Crippen LogP contribution in [0.3, 0.4) is 0 Å². The Hall–Kier alpha value is -2.50. The molecule has 104 valence electrons. The predicted molar refractivity (Wildman–Crippen MR) is 71.6 cm³/mol. The number of aromatic nitrogens is 1. The summed E-state index contributed by atoms with van der Waals surface area (Å²) in [5, 5.41) is 9.99. The molecule has 3 rings (SSSR count). The minimum Gasteiger partial charge on any atom is -0.477 e. The van der Waals surface area contributed by atoms with Gasteiger partial charge in [0.15, 0.2) is 11.5 Å². The monoisotopic (exact) mass is 275 g/mol. The Labute approximate surface area is 114 Å². The second-order valence-corrected chi connectivity index (χ2v) is 4.60.